The van der Waals surface area contributed by atoms with Crippen LogP contribution in [0.25, 0.3) is 0 Å². The molecule has 0 bridgehead atoms. The van der Waals surface area contributed by atoms with Gasteiger partial charge >= 0.3 is 11.9 Å². The van der Waals surface area contributed by atoms with Gasteiger partial charge in [0.2, 0.25) is 0 Å². The fourth-order valence-electron chi connectivity index (χ4n) is 13.7. The number of nitrogens with zero attached hydrogens (tertiary/aromatic N) is 2. The summed E-state index contributed by atoms with van der Waals surface area (Å²) in [5, 5.41) is 22.3. The second-order valence-corrected chi connectivity index (χ2v) is 21.6. The molecule has 0 radical (unpaired) electrons. The van der Waals surface area contributed by atoms with E-state index in [4.69, 9.17) is 4.74 Å². The van der Waals surface area contributed by atoms with Gasteiger partial charge in [0.1, 0.15) is 6.10 Å². The summed E-state index contributed by atoms with van der Waals surface area (Å²) in [6, 6.07) is 10.5. The molecule has 0 amide bonds. The number of aliphatic hydroxyl groups is 1. The highest BCUT2D eigenvalue weighted by Crippen LogP contribution is 2.77. The quantitative estimate of drug-likeness (QED) is 0.192. The first kappa shape index (κ1) is 43.0. The molecule has 5 aliphatic carbocycles. The van der Waals surface area contributed by atoms with Gasteiger partial charge in [-0.1, -0.05) is 84.4 Å². The van der Waals surface area contributed by atoms with E-state index in [1.54, 1.807) is 13.8 Å². The van der Waals surface area contributed by atoms with E-state index in [9.17, 15) is 24.6 Å². The zero-order chi connectivity index (χ0) is 41.2. The van der Waals surface area contributed by atoms with Crippen molar-refractivity contribution in [1.82, 2.24) is 9.80 Å². The Labute approximate surface area is 338 Å². The average Bonchev–Trinajstić information content (AvgIpc) is 3.42. The Morgan fingerprint density at radius 3 is 2.20 bits per heavy atom. The van der Waals surface area contributed by atoms with E-state index >= 15 is 0 Å². The minimum absolute atomic E-state index is 0.0161. The maximum Gasteiger partial charge on any atom is 0.309 e. The molecule has 0 heterocycles. The molecule has 9 atom stereocenters. The van der Waals surface area contributed by atoms with Gasteiger partial charge in [-0.05, 0) is 130 Å². The number of carbonyl (C=O) groups excluding carboxylic acids is 2. The van der Waals surface area contributed by atoms with Crippen LogP contribution in [0.2, 0.25) is 0 Å². The molecule has 1 aromatic rings. The van der Waals surface area contributed by atoms with Crippen molar-refractivity contribution in [2.45, 2.75) is 145 Å². The molecule has 4 fully saturated rings. The number of aliphatic hydroxyl groups excluding tert-OH is 1. The van der Waals surface area contributed by atoms with E-state index in [2.05, 4.69) is 96.6 Å². The Kier molecular flexibility index (Phi) is 11.7. The number of carboxylic acids is 1. The second kappa shape index (κ2) is 15.2. The van der Waals surface area contributed by atoms with Crippen LogP contribution in [-0.4, -0.2) is 83.7 Å². The number of ether oxygens (including phenoxy) is 1. The number of likely N-dealkylation sites (N-methyl/N-ethyl adjacent to an activating group) is 1. The fraction of sp³-hybridized carbons (Fsp3) is 0.771. The summed E-state index contributed by atoms with van der Waals surface area (Å²) in [6.45, 7) is 22.8. The van der Waals surface area contributed by atoms with Crippen LogP contribution < -0.4 is 0 Å². The summed E-state index contributed by atoms with van der Waals surface area (Å²) >= 11 is 0. The zero-order valence-corrected chi connectivity index (χ0v) is 36.7. The number of ketones is 1. The van der Waals surface area contributed by atoms with Crippen LogP contribution in [0.15, 0.2) is 41.5 Å². The van der Waals surface area contributed by atoms with Crippen LogP contribution in [0.3, 0.4) is 0 Å². The Hall–Kier alpha value is -2.55. The lowest BCUT2D eigenvalue weighted by atomic mass is 9.33. The van der Waals surface area contributed by atoms with Crippen molar-refractivity contribution >= 4 is 17.7 Å². The predicted molar refractivity (Wildman–Crippen MR) is 222 cm³/mol. The number of allylic oxidation sites excluding steroid dienone is 1. The molecule has 8 nitrogen and oxygen atoms in total. The van der Waals surface area contributed by atoms with Crippen LogP contribution >= 0.6 is 0 Å². The van der Waals surface area contributed by atoms with Gasteiger partial charge in [0.15, 0.2) is 5.78 Å². The topological polar surface area (TPSA) is 107 Å². The first-order valence-corrected chi connectivity index (χ1v) is 21.8. The fourth-order valence-corrected chi connectivity index (χ4v) is 13.7. The lowest BCUT2D eigenvalue weighted by molar-refractivity contribution is -0.235. The Bertz CT molecular complexity index is 1680. The van der Waals surface area contributed by atoms with Crippen molar-refractivity contribution in [3.8, 4) is 0 Å². The number of esters is 1. The Balaban J connectivity index is 1.29. The number of carbonyl (C=O) groups is 3. The average molecular weight is 775 g/mol. The van der Waals surface area contributed by atoms with Gasteiger partial charge in [-0.25, -0.2) is 0 Å². The number of Topliss-reactive ketones (excluding diaryl/α,β-unsaturated/α-hetero) is 1. The maximum atomic E-state index is 14.3. The highest BCUT2D eigenvalue weighted by Gasteiger charge is 2.71. The summed E-state index contributed by atoms with van der Waals surface area (Å²) in [5.74, 6) is 0.0748. The first-order valence-electron chi connectivity index (χ1n) is 21.8. The number of hydrogen-bond donors (Lipinski definition) is 2. The Morgan fingerprint density at radius 1 is 0.893 bits per heavy atom. The minimum atomic E-state index is -1.17. The second-order valence-electron chi connectivity index (χ2n) is 21.6. The molecule has 0 aromatic heterocycles. The lowest BCUT2D eigenvalue weighted by Gasteiger charge is -2.72. The molecule has 0 unspecified atom stereocenters. The summed E-state index contributed by atoms with van der Waals surface area (Å²) < 4.78 is 6.20. The van der Waals surface area contributed by atoms with Crippen molar-refractivity contribution in [2.75, 3.05) is 33.7 Å². The van der Waals surface area contributed by atoms with E-state index in [0.717, 1.165) is 76.6 Å². The molecule has 0 aliphatic heterocycles. The van der Waals surface area contributed by atoms with Crippen LogP contribution in [0.1, 0.15) is 132 Å². The van der Waals surface area contributed by atoms with Gasteiger partial charge in [-0.2, -0.15) is 0 Å². The van der Waals surface area contributed by atoms with Crippen molar-refractivity contribution in [2.24, 2.45) is 56.2 Å². The molecule has 2 N–H and O–H groups in total. The monoisotopic (exact) mass is 775 g/mol. The molecule has 5 aliphatic rings. The third-order valence-electron chi connectivity index (χ3n) is 17.0. The van der Waals surface area contributed by atoms with Gasteiger partial charge < -0.3 is 19.8 Å². The summed E-state index contributed by atoms with van der Waals surface area (Å²) in [4.78, 5) is 43.8. The van der Waals surface area contributed by atoms with E-state index in [0.29, 0.717) is 24.8 Å². The SMILES string of the molecule is CC(C)C1=C2[C@H]3CC[C@@H]4[C@@]5(C)CC[C@H](OC(=O)CC(C)(C)C(=O)O)C(C)(C)[C@@H]5CC[C@@]4(C)[C@]3(C)CC[C@]2([C@H](O)CN(CCN(C)C)Cc2ccccc2)CC1=O. The molecule has 8 heteroatoms. The zero-order valence-electron chi connectivity index (χ0n) is 36.7. The van der Waals surface area contributed by atoms with E-state index in [1.807, 2.05) is 6.07 Å². The van der Waals surface area contributed by atoms with Crippen LogP contribution in [-0.2, 0) is 25.7 Å². The summed E-state index contributed by atoms with van der Waals surface area (Å²) in [7, 11) is 4.20. The predicted octanol–water partition coefficient (Wildman–Crippen LogP) is 8.80. The van der Waals surface area contributed by atoms with Crippen molar-refractivity contribution < 1.29 is 29.3 Å². The smallest absolute Gasteiger partial charge is 0.309 e. The molecule has 6 rings (SSSR count). The van der Waals surface area contributed by atoms with Crippen molar-refractivity contribution in [1.29, 1.82) is 0 Å². The van der Waals surface area contributed by atoms with Gasteiger partial charge in [0, 0.05) is 43.4 Å². The number of rotatable bonds is 13. The summed E-state index contributed by atoms with van der Waals surface area (Å²) in [6.07, 6.45) is 7.28. The minimum Gasteiger partial charge on any atom is -0.481 e. The van der Waals surface area contributed by atoms with Gasteiger partial charge in [0.25, 0.3) is 0 Å². The normalized spacial score (nSPS) is 35.9. The molecule has 0 saturated heterocycles. The molecule has 1 aromatic carbocycles. The molecule has 312 valence electrons. The third kappa shape index (κ3) is 7.14. The van der Waals surface area contributed by atoms with Gasteiger partial charge in [-0.3, -0.25) is 19.3 Å². The van der Waals surface area contributed by atoms with Crippen molar-refractivity contribution in [3.05, 3.63) is 47.0 Å². The highest BCUT2D eigenvalue weighted by molar-refractivity contribution is 6.00. The molecular formula is C48H74N2O6. The number of fused-ring (bicyclic) bond motifs is 7. The molecule has 56 heavy (non-hydrogen) atoms. The first-order chi connectivity index (χ1) is 26.0. The van der Waals surface area contributed by atoms with Gasteiger partial charge in [0.05, 0.1) is 17.9 Å². The van der Waals surface area contributed by atoms with Crippen molar-refractivity contribution in [3.63, 3.8) is 0 Å². The van der Waals surface area contributed by atoms with Crippen LogP contribution in [0.4, 0.5) is 0 Å². The third-order valence-corrected chi connectivity index (χ3v) is 17.0. The van der Waals surface area contributed by atoms with E-state index in [-0.39, 0.29) is 51.8 Å². The molecule has 4 saturated carbocycles. The highest BCUT2D eigenvalue weighted by atomic mass is 16.5. The van der Waals surface area contributed by atoms with Crippen LogP contribution in [0, 0.1) is 56.2 Å². The largest absolute Gasteiger partial charge is 0.481 e. The number of hydrogen-bond acceptors (Lipinski definition) is 7. The number of carboxylic acid groups (broad SMARTS) is 1. The van der Waals surface area contributed by atoms with E-state index < -0.39 is 28.9 Å². The molecular weight excluding hydrogens is 701 g/mol. The van der Waals surface area contributed by atoms with E-state index in [1.165, 1.54) is 11.1 Å². The molecule has 0 spiro atoms. The number of aliphatic carboxylic acids is 1. The summed E-state index contributed by atoms with van der Waals surface area (Å²) in [5.41, 5.74) is 1.72. The maximum absolute atomic E-state index is 14.3. The standard InChI is InChI=1S/C48H74N2O6/c1-31(2)40-34(51)27-48(37(52)30-50(26-25-49(10)11)29-32-15-13-12-14-16-32)24-23-46(8)33(41(40)48)17-18-36-45(7)21-20-38(56-39(53)28-43(3,4)42(54)55)44(5,6)35(45)19-22-47(36,46)9/h12-16,31,33,35-38,52H,17-30H2,1-11H3,(H,54,55)/t33-,35+,36-,37-,38+,45+,46-,47-,48-/m1/s1. The lowest BCUT2D eigenvalue weighted by Crippen LogP contribution is -2.66. The van der Waals surface area contributed by atoms with Crippen LogP contribution in [0.5, 0.6) is 0 Å². The Morgan fingerprint density at radius 2 is 1.57 bits per heavy atom. The van der Waals surface area contributed by atoms with Gasteiger partial charge in [-0.15, -0.1) is 0 Å². The number of benzene rings is 1.